The van der Waals surface area contributed by atoms with Gasteiger partial charge in [-0.3, -0.25) is 0 Å². The van der Waals surface area contributed by atoms with Crippen LogP contribution >= 0.6 is 0 Å². The molecule has 3 nitrogen and oxygen atoms in total. The summed E-state index contributed by atoms with van der Waals surface area (Å²) < 4.78 is 10.2. The van der Waals surface area contributed by atoms with E-state index in [1.165, 1.54) is 5.56 Å². The standard InChI is InChI=1S/C18H20O3/c1-3-14(2)16-9-11-17(12-10-16)21-18(19)20-13-15-7-5-4-6-8-15/h4-12,14H,3,13H2,1-2H3. The molecule has 0 amide bonds. The maximum Gasteiger partial charge on any atom is 0.514 e. The van der Waals surface area contributed by atoms with E-state index in [4.69, 9.17) is 9.47 Å². The average Bonchev–Trinajstić information content (AvgIpc) is 2.54. The van der Waals surface area contributed by atoms with E-state index in [9.17, 15) is 4.79 Å². The van der Waals surface area contributed by atoms with Crippen molar-refractivity contribution in [2.45, 2.75) is 32.8 Å². The Morgan fingerprint density at radius 2 is 1.71 bits per heavy atom. The van der Waals surface area contributed by atoms with Gasteiger partial charge in [0, 0.05) is 0 Å². The van der Waals surface area contributed by atoms with Gasteiger partial charge in [-0.05, 0) is 35.6 Å². The molecular weight excluding hydrogens is 264 g/mol. The number of ether oxygens (including phenoxy) is 2. The number of hydrogen-bond acceptors (Lipinski definition) is 3. The highest BCUT2D eigenvalue weighted by Gasteiger charge is 2.08. The van der Waals surface area contributed by atoms with Crippen LogP contribution in [-0.2, 0) is 11.3 Å². The Labute approximate surface area is 125 Å². The SMILES string of the molecule is CCC(C)c1ccc(OC(=O)OCc2ccccc2)cc1. The highest BCUT2D eigenvalue weighted by Crippen LogP contribution is 2.21. The lowest BCUT2D eigenvalue weighted by Gasteiger charge is -2.10. The van der Waals surface area contributed by atoms with Gasteiger partial charge < -0.3 is 9.47 Å². The molecule has 1 unspecified atom stereocenters. The topological polar surface area (TPSA) is 35.5 Å². The molecule has 0 bridgehead atoms. The predicted molar refractivity (Wildman–Crippen MR) is 82.4 cm³/mol. The molecule has 0 aromatic heterocycles. The third kappa shape index (κ3) is 4.63. The lowest BCUT2D eigenvalue weighted by molar-refractivity contribution is 0.0928. The molecule has 0 radical (unpaired) electrons. The van der Waals surface area contributed by atoms with Crippen molar-refractivity contribution in [3.63, 3.8) is 0 Å². The summed E-state index contributed by atoms with van der Waals surface area (Å²) >= 11 is 0. The first kappa shape index (κ1) is 15.1. The van der Waals surface area contributed by atoms with Crippen molar-refractivity contribution in [3.05, 3.63) is 65.7 Å². The Balaban J connectivity index is 1.85. The first-order chi connectivity index (χ1) is 10.2. The predicted octanol–water partition coefficient (Wildman–Crippen LogP) is 4.92. The van der Waals surface area contributed by atoms with Crippen molar-refractivity contribution in [3.8, 4) is 5.75 Å². The second-order valence-corrected chi connectivity index (χ2v) is 5.00. The fraction of sp³-hybridized carbons (Fsp3) is 0.278. The molecule has 0 spiro atoms. The molecule has 0 saturated carbocycles. The molecule has 2 rings (SSSR count). The minimum atomic E-state index is -0.685. The van der Waals surface area contributed by atoms with Crippen LogP contribution in [-0.4, -0.2) is 6.16 Å². The van der Waals surface area contributed by atoms with E-state index in [2.05, 4.69) is 13.8 Å². The third-order valence-corrected chi connectivity index (χ3v) is 3.46. The Bertz CT molecular complexity index is 561. The summed E-state index contributed by atoms with van der Waals surface area (Å²) in [6, 6.07) is 17.1. The van der Waals surface area contributed by atoms with Gasteiger partial charge in [-0.1, -0.05) is 56.3 Å². The second-order valence-electron chi connectivity index (χ2n) is 5.00. The van der Waals surface area contributed by atoms with E-state index in [1.807, 2.05) is 42.5 Å². The van der Waals surface area contributed by atoms with Gasteiger partial charge in [0.1, 0.15) is 12.4 Å². The van der Waals surface area contributed by atoms with Crippen LogP contribution in [0.15, 0.2) is 54.6 Å². The van der Waals surface area contributed by atoms with Crippen LogP contribution in [0.5, 0.6) is 5.75 Å². The molecule has 0 saturated heterocycles. The number of hydrogen-bond donors (Lipinski definition) is 0. The van der Waals surface area contributed by atoms with Gasteiger partial charge in [-0.15, -0.1) is 0 Å². The number of carbonyl (C=O) groups excluding carboxylic acids is 1. The Hall–Kier alpha value is -2.29. The minimum absolute atomic E-state index is 0.213. The fourth-order valence-corrected chi connectivity index (χ4v) is 1.94. The fourth-order valence-electron chi connectivity index (χ4n) is 1.94. The molecule has 110 valence electrons. The van der Waals surface area contributed by atoms with Gasteiger partial charge in [0.25, 0.3) is 0 Å². The largest absolute Gasteiger partial charge is 0.514 e. The zero-order chi connectivity index (χ0) is 15.1. The Morgan fingerprint density at radius 1 is 1.05 bits per heavy atom. The summed E-state index contributed by atoms with van der Waals surface area (Å²) in [7, 11) is 0. The molecule has 0 aliphatic rings. The van der Waals surface area contributed by atoms with E-state index >= 15 is 0 Å². The van der Waals surface area contributed by atoms with Crippen LogP contribution in [0.4, 0.5) is 4.79 Å². The number of benzene rings is 2. The smallest absolute Gasteiger partial charge is 0.429 e. The average molecular weight is 284 g/mol. The summed E-state index contributed by atoms with van der Waals surface area (Å²) in [5.41, 5.74) is 2.17. The molecule has 21 heavy (non-hydrogen) atoms. The van der Waals surface area contributed by atoms with Gasteiger partial charge >= 0.3 is 6.16 Å². The van der Waals surface area contributed by atoms with E-state index in [0.717, 1.165) is 12.0 Å². The summed E-state index contributed by atoms with van der Waals surface area (Å²) in [6.45, 7) is 4.53. The molecule has 0 aliphatic carbocycles. The van der Waals surface area contributed by atoms with Crippen LogP contribution in [0.3, 0.4) is 0 Å². The molecule has 1 atom stereocenters. The van der Waals surface area contributed by atoms with Gasteiger partial charge in [0.15, 0.2) is 0 Å². The van der Waals surface area contributed by atoms with Crippen molar-refractivity contribution >= 4 is 6.16 Å². The van der Waals surface area contributed by atoms with E-state index in [0.29, 0.717) is 11.7 Å². The summed E-state index contributed by atoms with van der Waals surface area (Å²) in [6.07, 6.45) is 0.398. The molecule has 0 aliphatic heterocycles. The van der Waals surface area contributed by atoms with Gasteiger partial charge in [-0.25, -0.2) is 4.79 Å². The van der Waals surface area contributed by atoms with Gasteiger partial charge in [0.05, 0.1) is 0 Å². The first-order valence-electron chi connectivity index (χ1n) is 7.17. The van der Waals surface area contributed by atoms with Crippen LogP contribution in [0, 0.1) is 0 Å². The quantitative estimate of drug-likeness (QED) is 0.577. The van der Waals surface area contributed by atoms with Crippen molar-refractivity contribution in [1.29, 1.82) is 0 Å². The minimum Gasteiger partial charge on any atom is -0.429 e. The van der Waals surface area contributed by atoms with Crippen LogP contribution in [0.25, 0.3) is 0 Å². The monoisotopic (exact) mass is 284 g/mol. The molecule has 2 aromatic rings. The normalized spacial score (nSPS) is 11.7. The zero-order valence-corrected chi connectivity index (χ0v) is 12.4. The van der Waals surface area contributed by atoms with Crippen molar-refractivity contribution < 1.29 is 14.3 Å². The van der Waals surface area contributed by atoms with E-state index in [1.54, 1.807) is 12.1 Å². The zero-order valence-electron chi connectivity index (χ0n) is 12.4. The van der Waals surface area contributed by atoms with Crippen molar-refractivity contribution in [1.82, 2.24) is 0 Å². The van der Waals surface area contributed by atoms with Crippen LogP contribution in [0.1, 0.15) is 37.3 Å². The second kappa shape index (κ2) is 7.48. The van der Waals surface area contributed by atoms with Crippen molar-refractivity contribution in [2.75, 3.05) is 0 Å². The lowest BCUT2D eigenvalue weighted by atomic mass is 9.99. The molecule has 3 heteroatoms. The van der Waals surface area contributed by atoms with Gasteiger partial charge in [-0.2, -0.15) is 0 Å². The molecule has 2 aromatic carbocycles. The number of rotatable bonds is 5. The Kier molecular flexibility index (Phi) is 5.38. The molecule has 0 heterocycles. The third-order valence-electron chi connectivity index (χ3n) is 3.46. The molecule has 0 N–H and O–H groups in total. The van der Waals surface area contributed by atoms with Crippen molar-refractivity contribution in [2.24, 2.45) is 0 Å². The van der Waals surface area contributed by atoms with Crippen LogP contribution in [0.2, 0.25) is 0 Å². The highest BCUT2D eigenvalue weighted by molar-refractivity contribution is 5.63. The van der Waals surface area contributed by atoms with Gasteiger partial charge in [0.2, 0.25) is 0 Å². The molecular formula is C18H20O3. The highest BCUT2D eigenvalue weighted by atomic mass is 16.7. The summed E-state index contributed by atoms with van der Waals surface area (Å²) in [5, 5.41) is 0. The van der Waals surface area contributed by atoms with E-state index in [-0.39, 0.29) is 6.61 Å². The Morgan fingerprint density at radius 3 is 2.33 bits per heavy atom. The van der Waals surface area contributed by atoms with Crippen LogP contribution < -0.4 is 4.74 Å². The van der Waals surface area contributed by atoms with E-state index < -0.39 is 6.16 Å². The number of carbonyl (C=O) groups is 1. The first-order valence-corrected chi connectivity index (χ1v) is 7.17. The lowest BCUT2D eigenvalue weighted by Crippen LogP contribution is -2.10. The maximum absolute atomic E-state index is 11.6. The summed E-state index contributed by atoms with van der Waals surface area (Å²) in [4.78, 5) is 11.6. The maximum atomic E-state index is 11.6. The summed E-state index contributed by atoms with van der Waals surface area (Å²) in [5.74, 6) is 1.00. The molecule has 0 fully saturated rings.